The molecule has 1 heterocycles. The van der Waals surface area contributed by atoms with Crippen molar-refractivity contribution in [1.29, 1.82) is 0 Å². The van der Waals surface area contributed by atoms with Crippen LogP contribution < -0.4 is 0 Å². The second-order valence-electron chi connectivity index (χ2n) is 5.80. The molecule has 21 heavy (non-hydrogen) atoms. The Kier molecular flexibility index (Phi) is 3.82. The van der Waals surface area contributed by atoms with E-state index >= 15 is 0 Å². The average Bonchev–Trinajstić information content (AvgIpc) is 2.97. The van der Waals surface area contributed by atoms with Crippen LogP contribution in [0.2, 0.25) is 0 Å². The molecule has 1 saturated carbocycles. The van der Waals surface area contributed by atoms with Gasteiger partial charge in [-0.3, -0.25) is 0 Å². The van der Waals surface area contributed by atoms with Crippen molar-refractivity contribution in [1.82, 2.24) is 10.1 Å². The van der Waals surface area contributed by atoms with Crippen molar-refractivity contribution in [2.24, 2.45) is 5.92 Å². The third-order valence-electron chi connectivity index (χ3n) is 4.38. The molecular weight excluding hydrogens is 268 g/mol. The van der Waals surface area contributed by atoms with Gasteiger partial charge in [-0.05, 0) is 30.9 Å². The molecule has 2 N–H and O–H groups in total. The Morgan fingerprint density at radius 3 is 2.90 bits per heavy atom. The summed E-state index contributed by atoms with van der Waals surface area (Å²) < 4.78 is 5.29. The summed E-state index contributed by atoms with van der Waals surface area (Å²) >= 11 is 0. The highest BCUT2D eigenvalue weighted by atomic mass is 16.5. The van der Waals surface area contributed by atoms with Crippen molar-refractivity contribution in [2.75, 3.05) is 0 Å². The number of rotatable bonds is 3. The first-order valence-corrected chi connectivity index (χ1v) is 7.53. The number of phenols is 2. The van der Waals surface area contributed by atoms with Gasteiger partial charge in [-0.1, -0.05) is 31.3 Å². The van der Waals surface area contributed by atoms with Gasteiger partial charge in [0, 0.05) is 12.0 Å². The maximum absolute atomic E-state index is 9.86. The Morgan fingerprint density at radius 2 is 2.14 bits per heavy atom. The fourth-order valence-corrected chi connectivity index (χ4v) is 3.11. The monoisotopic (exact) mass is 288 g/mol. The smallest absolute Gasteiger partial charge is 0.261 e. The molecule has 0 bridgehead atoms. The lowest BCUT2D eigenvalue weighted by Crippen LogP contribution is -2.14. The van der Waals surface area contributed by atoms with Gasteiger partial charge in [0.2, 0.25) is 0 Å². The molecule has 0 radical (unpaired) electrons. The van der Waals surface area contributed by atoms with Crippen LogP contribution in [0, 0.1) is 5.92 Å². The zero-order valence-corrected chi connectivity index (χ0v) is 12.1. The first-order chi connectivity index (χ1) is 10.2. The van der Waals surface area contributed by atoms with E-state index in [0.29, 0.717) is 17.4 Å². The lowest BCUT2D eigenvalue weighted by atomic mass is 9.80. The highest BCUT2D eigenvalue weighted by molar-refractivity contribution is 5.63. The van der Waals surface area contributed by atoms with Gasteiger partial charge in [-0.2, -0.15) is 4.98 Å². The summed E-state index contributed by atoms with van der Waals surface area (Å²) in [7, 11) is 0. The van der Waals surface area contributed by atoms with Crippen molar-refractivity contribution < 1.29 is 14.7 Å². The van der Waals surface area contributed by atoms with Gasteiger partial charge in [0.25, 0.3) is 5.89 Å². The molecule has 1 aliphatic carbocycles. The predicted molar refractivity (Wildman–Crippen MR) is 78.1 cm³/mol. The quantitative estimate of drug-likeness (QED) is 0.897. The normalized spacial score (nSPS) is 22.3. The van der Waals surface area contributed by atoms with Gasteiger partial charge in [0.15, 0.2) is 5.82 Å². The molecule has 1 aliphatic rings. The van der Waals surface area contributed by atoms with Gasteiger partial charge >= 0.3 is 0 Å². The fraction of sp³-hybridized carbons (Fsp3) is 0.500. The van der Waals surface area contributed by atoms with E-state index in [0.717, 1.165) is 24.6 Å². The number of aromatic nitrogens is 2. The Morgan fingerprint density at radius 1 is 1.29 bits per heavy atom. The minimum atomic E-state index is -0.0553. The lowest BCUT2D eigenvalue weighted by Gasteiger charge is -2.26. The number of aromatic hydroxyl groups is 2. The highest BCUT2D eigenvalue weighted by Gasteiger charge is 2.26. The van der Waals surface area contributed by atoms with E-state index in [1.807, 2.05) is 0 Å². The summed E-state index contributed by atoms with van der Waals surface area (Å²) in [6.07, 6.45) is 5.89. The fourth-order valence-electron chi connectivity index (χ4n) is 3.11. The van der Waals surface area contributed by atoms with E-state index in [-0.39, 0.29) is 11.5 Å². The van der Waals surface area contributed by atoms with E-state index < -0.39 is 0 Å². The molecule has 5 heteroatoms. The SMILES string of the molecule is CCC1CCCC(c2noc(-c3ccc(O)cc3O)n2)C1. The van der Waals surface area contributed by atoms with Crippen LogP contribution in [0.5, 0.6) is 11.5 Å². The predicted octanol–water partition coefficient (Wildman–Crippen LogP) is 3.83. The molecule has 1 fully saturated rings. The maximum atomic E-state index is 9.86. The van der Waals surface area contributed by atoms with Crippen LogP contribution in [0.15, 0.2) is 22.7 Å². The first kappa shape index (κ1) is 13.9. The summed E-state index contributed by atoms with van der Waals surface area (Å²) in [5, 5.41) is 23.3. The van der Waals surface area contributed by atoms with Crippen LogP contribution in [0.4, 0.5) is 0 Å². The number of benzene rings is 1. The summed E-state index contributed by atoms with van der Waals surface area (Å²) in [5.41, 5.74) is 0.453. The van der Waals surface area contributed by atoms with Crippen molar-refractivity contribution >= 4 is 0 Å². The summed E-state index contributed by atoms with van der Waals surface area (Å²) in [6.45, 7) is 2.23. The number of hydrogen-bond donors (Lipinski definition) is 2. The van der Waals surface area contributed by atoms with E-state index in [4.69, 9.17) is 4.52 Å². The molecule has 0 amide bonds. The Labute approximate surface area is 123 Å². The molecule has 0 spiro atoms. The number of nitrogens with zero attached hydrogens (tertiary/aromatic N) is 2. The van der Waals surface area contributed by atoms with Gasteiger partial charge in [0.1, 0.15) is 11.5 Å². The van der Waals surface area contributed by atoms with E-state index in [2.05, 4.69) is 17.1 Å². The third kappa shape index (κ3) is 2.86. The molecule has 112 valence electrons. The molecule has 2 aromatic rings. The lowest BCUT2D eigenvalue weighted by molar-refractivity contribution is 0.300. The highest BCUT2D eigenvalue weighted by Crippen LogP contribution is 2.38. The van der Waals surface area contributed by atoms with Crippen molar-refractivity contribution in [3.8, 4) is 23.0 Å². The van der Waals surface area contributed by atoms with E-state index in [1.54, 1.807) is 6.07 Å². The van der Waals surface area contributed by atoms with E-state index in [9.17, 15) is 10.2 Å². The first-order valence-electron chi connectivity index (χ1n) is 7.53. The van der Waals surface area contributed by atoms with Crippen LogP contribution in [-0.4, -0.2) is 20.4 Å². The zero-order chi connectivity index (χ0) is 14.8. The topological polar surface area (TPSA) is 79.4 Å². The van der Waals surface area contributed by atoms with Gasteiger partial charge in [0.05, 0.1) is 5.56 Å². The van der Waals surface area contributed by atoms with Gasteiger partial charge < -0.3 is 14.7 Å². The van der Waals surface area contributed by atoms with Crippen molar-refractivity contribution in [2.45, 2.75) is 44.9 Å². The van der Waals surface area contributed by atoms with Crippen LogP contribution >= 0.6 is 0 Å². The molecule has 1 aromatic carbocycles. The minimum Gasteiger partial charge on any atom is -0.508 e. The number of phenolic OH excluding ortho intramolecular Hbond substituents is 2. The molecule has 3 rings (SSSR count). The molecular formula is C16H20N2O3. The summed E-state index contributed by atoms with van der Waals surface area (Å²) in [5.74, 6) is 2.08. The van der Waals surface area contributed by atoms with Crippen LogP contribution in [-0.2, 0) is 0 Å². The molecule has 2 atom stereocenters. The van der Waals surface area contributed by atoms with Crippen LogP contribution in [0.25, 0.3) is 11.5 Å². The minimum absolute atomic E-state index is 0.00839. The molecule has 2 unspecified atom stereocenters. The maximum Gasteiger partial charge on any atom is 0.261 e. The molecule has 0 saturated heterocycles. The third-order valence-corrected chi connectivity index (χ3v) is 4.38. The second-order valence-corrected chi connectivity index (χ2v) is 5.80. The van der Waals surface area contributed by atoms with Gasteiger partial charge in [-0.25, -0.2) is 0 Å². The Balaban J connectivity index is 1.83. The standard InChI is InChI=1S/C16H20N2O3/c1-2-10-4-3-5-11(8-10)15-17-16(21-18-15)13-7-6-12(19)9-14(13)20/h6-7,9-11,19-20H,2-5,8H2,1H3. The number of hydrogen-bond acceptors (Lipinski definition) is 5. The summed E-state index contributed by atoms with van der Waals surface area (Å²) in [6, 6.07) is 4.34. The Hall–Kier alpha value is -2.04. The zero-order valence-electron chi connectivity index (χ0n) is 12.1. The second kappa shape index (κ2) is 5.76. The Bertz CT molecular complexity index is 624. The van der Waals surface area contributed by atoms with Crippen molar-refractivity contribution in [3.05, 3.63) is 24.0 Å². The van der Waals surface area contributed by atoms with Gasteiger partial charge in [-0.15, -0.1) is 0 Å². The summed E-state index contributed by atoms with van der Waals surface area (Å²) in [4.78, 5) is 4.44. The largest absolute Gasteiger partial charge is 0.508 e. The van der Waals surface area contributed by atoms with E-state index in [1.165, 1.54) is 31.4 Å². The average molecular weight is 288 g/mol. The molecule has 0 aliphatic heterocycles. The van der Waals surface area contributed by atoms with Crippen LogP contribution in [0.3, 0.4) is 0 Å². The van der Waals surface area contributed by atoms with Crippen molar-refractivity contribution in [3.63, 3.8) is 0 Å². The molecule has 5 nitrogen and oxygen atoms in total. The molecule has 1 aromatic heterocycles. The van der Waals surface area contributed by atoms with Crippen LogP contribution in [0.1, 0.15) is 50.8 Å².